The lowest BCUT2D eigenvalue weighted by Crippen LogP contribution is -2.28. The van der Waals surface area contributed by atoms with Crippen molar-refractivity contribution in [2.24, 2.45) is 5.92 Å². The smallest absolute Gasteiger partial charge is 0.335 e. The topological polar surface area (TPSA) is 52.6 Å². The number of ether oxygens (including phenoxy) is 2. The quantitative estimate of drug-likeness (QED) is 0.357. The summed E-state index contributed by atoms with van der Waals surface area (Å²) < 4.78 is 10.5. The molecule has 126 valence electrons. The Bertz CT molecular complexity index is 495. The van der Waals surface area contributed by atoms with Crippen LogP contribution in [0.2, 0.25) is 0 Å². The van der Waals surface area contributed by atoms with Crippen molar-refractivity contribution in [1.82, 2.24) is 0 Å². The SMILES string of the molecule is C=CCC(CCCOC(=O)C(Cc1ccccc1)OC)C(C)=O. The molecule has 1 rings (SSSR count). The molecule has 0 aliphatic heterocycles. The van der Waals surface area contributed by atoms with E-state index in [0.29, 0.717) is 32.3 Å². The first-order valence-electron chi connectivity index (χ1n) is 7.93. The van der Waals surface area contributed by atoms with Crippen molar-refractivity contribution < 1.29 is 19.1 Å². The molecule has 0 aliphatic carbocycles. The Balaban J connectivity index is 2.36. The van der Waals surface area contributed by atoms with Gasteiger partial charge in [-0.15, -0.1) is 6.58 Å². The molecule has 0 aromatic heterocycles. The van der Waals surface area contributed by atoms with Gasteiger partial charge in [0.05, 0.1) is 6.61 Å². The van der Waals surface area contributed by atoms with E-state index < -0.39 is 6.10 Å². The van der Waals surface area contributed by atoms with Crippen molar-refractivity contribution in [2.45, 2.75) is 38.7 Å². The van der Waals surface area contributed by atoms with Crippen LogP contribution in [0.15, 0.2) is 43.0 Å². The van der Waals surface area contributed by atoms with E-state index in [2.05, 4.69) is 6.58 Å². The highest BCUT2D eigenvalue weighted by molar-refractivity contribution is 5.78. The third-order valence-electron chi connectivity index (χ3n) is 3.78. The summed E-state index contributed by atoms with van der Waals surface area (Å²) in [5.41, 5.74) is 1.03. The van der Waals surface area contributed by atoms with Crippen LogP contribution in [-0.4, -0.2) is 31.6 Å². The number of rotatable bonds is 11. The van der Waals surface area contributed by atoms with Gasteiger partial charge in [-0.05, 0) is 31.7 Å². The summed E-state index contributed by atoms with van der Waals surface area (Å²) in [4.78, 5) is 23.5. The normalized spacial score (nSPS) is 13.1. The fourth-order valence-corrected chi connectivity index (χ4v) is 2.37. The van der Waals surface area contributed by atoms with Crippen molar-refractivity contribution in [3.63, 3.8) is 0 Å². The average Bonchev–Trinajstić information content (AvgIpc) is 2.56. The highest BCUT2D eigenvalue weighted by Gasteiger charge is 2.20. The predicted octanol–water partition coefficient (Wildman–Crippen LogP) is 3.35. The van der Waals surface area contributed by atoms with Crippen LogP contribution in [0.4, 0.5) is 0 Å². The van der Waals surface area contributed by atoms with Crippen LogP contribution in [-0.2, 0) is 25.5 Å². The average molecular weight is 318 g/mol. The number of carbonyl (C=O) groups is 2. The maximum absolute atomic E-state index is 12.1. The number of methoxy groups -OCH3 is 1. The molecule has 4 nitrogen and oxygen atoms in total. The molecule has 0 heterocycles. The minimum Gasteiger partial charge on any atom is -0.464 e. The zero-order valence-corrected chi connectivity index (χ0v) is 14.0. The Hall–Kier alpha value is -1.94. The maximum atomic E-state index is 12.1. The molecule has 0 fully saturated rings. The molecule has 2 atom stereocenters. The minimum atomic E-state index is -0.603. The summed E-state index contributed by atoms with van der Waals surface area (Å²) in [6, 6.07) is 9.68. The molecule has 1 aromatic rings. The fraction of sp³-hybridized carbons (Fsp3) is 0.474. The van der Waals surface area contributed by atoms with Crippen LogP contribution in [0.1, 0.15) is 31.7 Å². The largest absolute Gasteiger partial charge is 0.464 e. The number of benzene rings is 1. The molecule has 23 heavy (non-hydrogen) atoms. The number of hydrogen-bond acceptors (Lipinski definition) is 4. The molecule has 0 radical (unpaired) electrons. The summed E-state index contributed by atoms with van der Waals surface area (Å²) in [6.45, 7) is 5.54. The molecule has 0 aliphatic rings. The van der Waals surface area contributed by atoms with Crippen LogP contribution in [0.3, 0.4) is 0 Å². The first-order chi connectivity index (χ1) is 11.1. The molecule has 0 spiro atoms. The summed E-state index contributed by atoms with van der Waals surface area (Å²) in [7, 11) is 1.50. The van der Waals surface area contributed by atoms with E-state index in [1.165, 1.54) is 7.11 Å². The van der Waals surface area contributed by atoms with Gasteiger partial charge in [-0.2, -0.15) is 0 Å². The van der Waals surface area contributed by atoms with Gasteiger partial charge in [0, 0.05) is 19.4 Å². The van der Waals surface area contributed by atoms with E-state index in [4.69, 9.17) is 9.47 Å². The number of hydrogen-bond donors (Lipinski definition) is 0. The Morgan fingerprint density at radius 2 is 1.96 bits per heavy atom. The van der Waals surface area contributed by atoms with Gasteiger partial charge >= 0.3 is 5.97 Å². The van der Waals surface area contributed by atoms with Crippen LogP contribution < -0.4 is 0 Å². The Morgan fingerprint density at radius 3 is 2.52 bits per heavy atom. The van der Waals surface area contributed by atoms with E-state index in [1.807, 2.05) is 30.3 Å². The lowest BCUT2D eigenvalue weighted by Gasteiger charge is -2.15. The van der Waals surface area contributed by atoms with Crippen molar-refractivity contribution in [1.29, 1.82) is 0 Å². The first kappa shape index (κ1) is 19.1. The summed E-state index contributed by atoms with van der Waals surface area (Å²) >= 11 is 0. The Kier molecular flexibility index (Phi) is 8.91. The molecule has 0 amide bonds. The van der Waals surface area contributed by atoms with Crippen LogP contribution >= 0.6 is 0 Å². The van der Waals surface area contributed by atoms with Crippen molar-refractivity contribution in [3.8, 4) is 0 Å². The zero-order valence-electron chi connectivity index (χ0n) is 14.0. The van der Waals surface area contributed by atoms with Gasteiger partial charge in [0.2, 0.25) is 0 Å². The second kappa shape index (κ2) is 10.7. The maximum Gasteiger partial charge on any atom is 0.335 e. The molecule has 4 heteroatoms. The second-order valence-corrected chi connectivity index (χ2v) is 5.56. The van der Waals surface area contributed by atoms with E-state index in [0.717, 1.165) is 5.56 Å². The molecule has 0 bridgehead atoms. The van der Waals surface area contributed by atoms with Gasteiger partial charge < -0.3 is 9.47 Å². The molecular formula is C19H26O4. The molecule has 0 saturated heterocycles. The van der Waals surface area contributed by atoms with Gasteiger partial charge in [0.25, 0.3) is 0 Å². The first-order valence-corrected chi connectivity index (χ1v) is 7.93. The number of Topliss-reactive ketones (excluding diaryl/α,β-unsaturated/α-hetero) is 1. The monoisotopic (exact) mass is 318 g/mol. The van der Waals surface area contributed by atoms with Crippen molar-refractivity contribution >= 4 is 11.8 Å². The van der Waals surface area contributed by atoms with Gasteiger partial charge in [-0.25, -0.2) is 4.79 Å². The lowest BCUT2D eigenvalue weighted by atomic mass is 9.96. The second-order valence-electron chi connectivity index (χ2n) is 5.56. The molecule has 1 aromatic carbocycles. The molecule has 0 N–H and O–H groups in total. The molecular weight excluding hydrogens is 292 g/mol. The highest BCUT2D eigenvalue weighted by atomic mass is 16.6. The van der Waals surface area contributed by atoms with Crippen LogP contribution in [0.25, 0.3) is 0 Å². The van der Waals surface area contributed by atoms with E-state index in [1.54, 1.807) is 13.0 Å². The molecule has 0 saturated carbocycles. The van der Waals surface area contributed by atoms with Crippen molar-refractivity contribution in [2.75, 3.05) is 13.7 Å². The van der Waals surface area contributed by atoms with Gasteiger partial charge in [-0.1, -0.05) is 36.4 Å². The number of esters is 1. The van der Waals surface area contributed by atoms with Crippen LogP contribution in [0.5, 0.6) is 0 Å². The Labute approximate surface area is 138 Å². The van der Waals surface area contributed by atoms with Gasteiger partial charge in [0.15, 0.2) is 6.10 Å². The number of allylic oxidation sites excluding steroid dienone is 1. The van der Waals surface area contributed by atoms with Gasteiger partial charge in [0.1, 0.15) is 5.78 Å². The van der Waals surface area contributed by atoms with E-state index >= 15 is 0 Å². The molecule has 2 unspecified atom stereocenters. The van der Waals surface area contributed by atoms with Crippen molar-refractivity contribution in [3.05, 3.63) is 48.6 Å². The number of ketones is 1. The summed E-state index contributed by atoms with van der Waals surface area (Å²) in [6.07, 6.45) is 3.66. The highest BCUT2D eigenvalue weighted by Crippen LogP contribution is 2.13. The summed E-state index contributed by atoms with van der Waals surface area (Å²) in [5.74, 6) is -0.247. The third kappa shape index (κ3) is 7.24. The van der Waals surface area contributed by atoms with Gasteiger partial charge in [-0.3, -0.25) is 4.79 Å². The third-order valence-corrected chi connectivity index (χ3v) is 3.78. The minimum absolute atomic E-state index is 0.0336. The standard InChI is InChI=1S/C19H26O4/c1-4-9-17(15(2)20)12-8-13-23-19(21)18(22-3)14-16-10-6-5-7-11-16/h4-7,10-11,17-18H,1,8-9,12-14H2,2-3H3. The van der Waals surface area contributed by atoms with Crippen LogP contribution in [0, 0.1) is 5.92 Å². The summed E-state index contributed by atoms with van der Waals surface area (Å²) in [5, 5.41) is 0. The van der Waals surface area contributed by atoms with E-state index in [9.17, 15) is 9.59 Å². The fourth-order valence-electron chi connectivity index (χ4n) is 2.37. The lowest BCUT2D eigenvalue weighted by molar-refractivity contribution is -0.155. The Morgan fingerprint density at radius 1 is 1.26 bits per heavy atom. The number of carbonyl (C=O) groups excluding carboxylic acids is 2. The predicted molar refractivity (Wildman–Crippen MR) is 90.1 cm³/mol. The van der Waals surface area contributed by atoms with E-state index in [-0.39, 0.29) is 17.7 Å². The zero-order chi connectivity index (χ0) is 17.1.